The Morgan fingerprint density at radius 2 is 1.87 bits per heavy atom. The molecular formula is C19H29NO3. The van der Waals surface area contributed by atoms with Crippen molar-refractivity contribution in [2.75, 3.05) is 20.3 Å². The average molecular weight is 319 g/mol. The minimum Gasteiger partial charge on any atom is -0.371 e. The molecular weight excluding hydrogens is 290 g/mol. The zero-order valence-corrected chi connectivity index (χ0v) is 14.6. The highest BCUT2D eigenvalue weighted by molar-refractivity contribution is 5.87. The lowest BCUT2D eigenvalue weighted by Gasteiger charge is -2.58. The van der Waals surface area contributed by atoms with Crippen molar-refractivity contribution in [3.8, 4) is 0 Å². The minimum atomic E-state index is -0.0718. The van der Waals surface area contributed by atoms with E-state index < -0.39 is 0 Å². The molecule has 4 rings (SSSR count). The molecule has 128 valence electrons. The second-order valence-electron chi connectivity index (χ2n) is 8.89. The second-order valence-corrected chi connectivity index (χ2v) is 8.89. The van der Waals surface area contributed by atoms with Gasteiger partial charge in [0.15, 0.2) is 0 Å². The zero-order valence-electron chi connectivity index (χ0n) is 14.6. The molecule has 0 N–H and O–H groups in total. The van der Waals surface area contributed by atoms with Crippen molar-refractivity contribution in [3.63, 3.8) is 0 Å². The van der Waals surface area contributed by atoms with E-state index in [2.05, 4.69) is 13.8 Å². The van der Waals surface area contributed by atoms with Gasteiger partial charge in [0.2, 0.25) is 5.91 Å². The maximum Gasteiger partial charge on any atom is 0.248 e. The highest BCUT2D eigenvalue weighted by atomic mass is 16.5. The van der Waals surface area contributed by atoms with Gasteiger partial charge in [-0.25, -0.2) is 0 Å². The number of nitrogens with zero attached hydrogens (tertiary/aromatic N) is 1. The summed E-state index contributed by atoms with van der Waals surface area (Å²) in [6.07, 6.45) is 6.21. The summed E-state index contributed by atoms with van der Waals surface area (Å²) in [5.74, 6) is 2.38. The summed E-state index contributed by atoms with van der Waals surface area (Å²) in [6.45, 7) is 5.46. The second kappa shape index (κ2) is 5.05. The summed E-state index contributed by atoms with van der Waals surface area (Å²) in [5.41, 5.74) is -0.0333. The number of carbonyl (C=O) groups excluding carboxylic acids is 2. The van der Waals surface area contributed by atoms with E-state index in [1.807, 2.05) is 11.9 Å². The van der Waals surface area contributed by atoms with Crippen LogP contribution in [0.3, 0.4) is 0 Å². The number of Topliss-reactive ketones (excluding diaryl/α,β-unsaturated/α-hetero) is 1. The molecule has 0 radical (unpaired) electrons. The van der Waals surface area contributed by atoms with Crippen molar-refractivity contribution >= 4 is 11.7 Å². The van der Waals surface area contributed by atoms with Crippen LogP contribution < -0.4 is 0 Å². The Hall–Kier alpha value is -0.900. The van der Waals surface area contributed by atoms with Crippen LogP contribution in [0, 0.1) is 28.6 Å². The van der Waals surface area contributed by atoms with Crippen LogP contribution in [0.25, 0.3) is 0 Å². The Bertz CT molecular complexity index is 547. The molecule has 0 bridgehead atoms. The average Bonchev–Trinajstić information content (AvgIpc) is 2.76. The maximum atomic E-state index is 12.4. The summed E-state index contributed by atoms with van der Waals surface area (Å²) in [6, 6.07) is 0.292. The topological polar surface area (TPSA) is 46.6 Å². The molecule has 4 heteroatoms. The van der Waals surface area contributed by atoms with Crippen molar-refractivity contribution in [2.45, 2.75) is 58.4 Å². The van der Waals surface area contributed by atoms with Gasteiger partial charge < -0.3 is 9.64 Å². The van der Waals surface area contributed by atoms with E-state index in [4.69, 9.17) is 4.74 Å². The smallest absolute Gasteiger partial charge is 0.248 e. The number of carbonyl (C=O) groups is 2. The van der Waals surface area contributed by atoms with Gasteiger partial charge in [-0.15, -0.1) is 0 Å². The van der Waals surface area contributed by atoms with Crippen molar-refractivity contribution in [1.82, 2.24) is 4.90 Å². The lowest BCUT2D eigenvalue weighted by Crippen LogP contribution is -2.59. The van der Waals surface area contributed by atoms with Crippen LogP contribution in [0.1, 0.15) is 52.4 Å². The Labute approximate surface area is 138 Å². The monoisotopic (exact) mass is 319 g/mol. The van der Waals surface area contributed by atoms with Crippen LogP contribution in [0.15, 0.2) is 0 Å². The van der Waals surface area contributed by atoms with Gasteiger partial charge in [-0.2, -0.15) is 0 Å². The summed E-state index contributed by atoms with van der Waals surface area (Å²) >= 11 is 0. The van der Waals surface area contributed by atoms with Crippen molar-refractivity contribution < 1.29 is 14.3 Å². The Morgan fingerprint density at radius 1 is 1.09 bits per heavy atom. The van der Waals surface area contributed by atoms with Crippen LogP contribution in [0.2, 0.25) is 0 Å². The van der Waals surface area contributed by atoms with Gasteiger partial charge in [-0.1, -0.05) is 13.8 Å². The van der Waals surface area contributed by atoms with Crippen molar-refractivity contribution in [3.05, 3.63) is 0 Å². The molecule has 0 aromatic carbocycles. The van der Waals surface area contributed by atoms with Gasteiger partial charge in [0.05, 0.1) is 6.61 Å². The molecule has 4 nitrogen and oxygen atoms in total. The van der Waals surface area contributed by atoms with Crippen molar-refractivity contribution in [2.24, 2.45) is 28.6 Å². The number of fused-ring (bicyclic) bond motifs is 5. The highest BCUT2D eigenvalue weighted by Crippen LogP contribution is 2.62. The third-order valence-electron chi connectivity index (χ3n) is 8.03. The number of ether oxygens (including phenoxy) is 1. The Kier molecular flexibility index (Phi) is 3.43. The van der Waals surface area contributed by atoms with Crippen LogP contribution in [0.5, 0.6) is 0 Å². The first-order valence-corrected chi connectivity index (χ1v) is 9.24. The summed E-state index contributed by atoms with van der Waals surface area (Å²) in [5, 5.41) is 0. The fraction of sp³-hybridized carbons (Fsp3) is 0.895. The third kappa shape index (κ3) is 2.00. The fourth-order valence-corrected chi connectivity index (χ4v) is 6.68. The van der Waals surface area contributed by atoms with E-state index in [0.29, 0.717) is 36.2 Å². The third-order valence-corrected chi connectivity index (χ3v) is 8.03. The molecule has 1 aliphatic heterocycles. The molecule has 4 fully saturated rings. The Morgan fingerprint density at radius 3 is 2.65 bits per heavy atom. The van der Waals surface area contributed by atoms with E-state index in [1.165, 1.54) is 0 Å². The molecule has 3 aliphatic carbocycles. The van der Waals surface area contributed by atoms with E-state index in [1.54, 1.807) is 0 Å². The molecule has 0 aromatic rings. The van der Waals surface area contributed by atoms with E-state index >= 15 is 0 Å². The number of ketones is 1. The summed E-state index contributed by atoms with van der Waals surface area (Å²) < 4.78 is 5.80. The first-order chi connectivity index (χ1) is 10.9. The van der Waals surface area contributed by atoms with E-state index in [9.17, 15) is 9.59 Å². The van der Waals surface area contributed by atoms with Crippen LogP contribution >= 0.6 is 0 Å². The van der Waals surface area contributed by atoms with Gasteiger partial charge in [-0.3, -0.25) is 9.59 Å². The minimum absolute atomic E-state index is 0.0385. The van der Waals surface area contributed by atoms with Crippen LogP contribution in [-0.2, 0) is 14.3 Å². The molecule has 23 heavy (non-hydrogen) atoms. The molecule has 1 saturated heterocycles. The number of hydrogen-bond donors (Lipinski definition) is 0. The largest absolute Gasteiger partial charge is 0.371 e. The molecule has 0 aromatic heterocycles. The predicted octanol–water partition coefficient (Wildman–Crippen LogP) is 2.66. The Balaban J connectivity index is 1.68. The van der Waals surface area contributed by atoms with Crippen LogP contribution in [-0.4, -0.2) is 42.9 Å². The van der Waals surface area contributed by atoms with E-state index in [-0.39, 0.29) is 23.3 Å². The first-order valence-electron chi connectivity index (χ1n) is 9.24. The van der Waals surface area contributed by atoms with Gasteiger partial charge in [0.1, 0.15) is 12.4 Å². The molecule has 6 unspecified atom stereocenters. The van der Waals surface area contributed by atoms with E-state index in [0.717, 1.165) is 38.5 Å². The van der Waals surface area contributed by atoms with Crippen molar-refractivity contribution in [1.29, 1.82) is 0 Å². The normalized spacial score (nSPS) is 50.1. The lowest BCUT2D eigenvalue weighted by molar-refractivity contribution is -0.142. The molecule has 0 spiro atoms. The molecule has 3 saturated carbocycles. The quantitative estimate of drug-likeness (QED) is 0.689. The fourth-order valence-electron chi connectivity index (χ4n) is 6.68. The summed E-state index contributed by atoms with van der Waals surface area (Å²) in [4.78, 5) is 26.6. The first kappa shape index (κ1) is 15.6. The van der Waals surface area contributed by atoms with Gasteiger partial charge in [0, 0.05) is 30.3 Å². The van der Waals surface area contributed by atoms with Gasteiger partial charge in [0.25, 0.3) is 0 Å². The maximum absolute atomic E-state index is 12.4. The van der Waals surface area contributed by atoms with Crippen LogP contribution in [0.4, 0.5) is 0 Å². The number of amides is 1. The SMILES string of the molecule is CN1C(=O)COCC2(C)C3CCC4(C)C(=O)CCC4C3CCC12. The van der Waals surface area contributed by atoms with Gasteiger partial charge >= 0.3 is 0 Å². The number of rotatable bonds is 0. The zero-order chi connectivity index (χ0) is 16.4. The lowest BCUT2D eigenvalue weighted by atomic mass is 9.49. The van der Waals surface area contributed by atoms with Gasteiger partial charge in [-0.05, 0) is 49.9 Å². The molecule has 6 atom stereocenters. The molecule has 4 aliphatic rings. The standard InChI is InChI=1S/C19H29NO3/c1-18-9-8-14-12(13(18)5-7-16(18)21)4-6-15-19(14,2)11-23-10-17(22)20(15)3/h12-15H,4-11H2,1-3H3. The highest BCUT2D eigenvalue weighted by Gasteiger charge is 2.60. The number of hydrogen-bond acceptors (Lipinski definition) is 3. The number of likely N-dealkylation sites (N-methyl/N-ethyl adjacent to an activating group) is 1. The molecule has 1 amide bonds. The molecule has 1 heterocycles. The predicted molar refractivity (Wildman–Crippen MR) is 86.8 cm³/mol. The summed E-state index contributed by atoms with van der Waals surface area (Å²) in [7, 11) is 1.95.